The maximum atomic E-state index is 9.95. The van der Waals surface area contributed by atoms with Crippen LogP contribution >= 0.6 is 23.2 Å². The second-order valence-electron chi connectivity index (χ2n) is 4.78. The minimum atomic E-state index is -0.484. The van der Waals surface area contributed by atoms with Crippen molar-refractivity contribution in [2.75, 3.05) is 13.2 Å². The third-order valence-electron chi connectivity index (χ3n) is 3.31. The van der Waals surface area contributed by atoms with Gasteiger partial charge >= 0.3 is 0 Å². The van der Waals surface area contributed by atoms with Crippen molar-refractivity contribution in [3.63, 3.8) is 0 Å². The fourth-order valence-electron chi connectivity index (χ4n) is 2.22. The third-order valence-corrected chi connectivity index (χ3v) is 3.82. The summed E-state index contributed by atoms with van der Waals surface area (Å²) < 4.78 is 5.43. The first-order chi connectivity index (χ1) is 9.08. The number of ether oxygens (including phenoxy) is 1. The van der Waals surface area contributed by atoms with E-state index < -0.39 is 6.10 Å². The fourth-order valence-corrected chi connectivity index (χ4v) is 2.82. The van der Waals surface area contributed by atoms with Crippen LogP contribution in [0.2, 0.25) is 10.3 Å². The van der Waals surface area contributed by atoms with E-state index in [0.717, 1.165) is 30.6 Å². The number of nitrogens with zero attached hydrogens (tertiary/aromatic N) is 1. The predicted octanol–water partition coefficient (Wildman–Crippen LogP) is 2.33. The number of hydrogen-bond acceptors (Lipinski definition) is 4. The van der Waals surface area contributed by atoms with Crippen LogP contribution in [0.25, 0.3) is 0 Å². The molecule has 0 amide bonds. The molecule has 1 aromatic heterocycles. The van der Waals surface area contributed by atoms with E-state index in [0.29, 0.717) is 23.4 Å². The lowest BCUT2D eigenvalue weighted by Crippen LogP contribution is -2.35. The van der Waals surface area contributed by atoms with E-state index >= 15 is 0 Å². The Bertz CT molecular complexity index is 414. The van der Waals surface area contributed by atoms with Gasteiger partial charge in [0.25, 0.3) is 0 Å². The van der Waals surface area contributed by atoms with Crippen molar-refractivity contribution in [1.29, 1.82) is 0 Å². The average Bonchev–Trinajstić information content (AvgIpc) is 2.85. The standard InChI is InChI=1S/C13H18Cl2N2O2/c1-8-5-12(14)17-13(15)9(8)6-16-7-10(18)11-3-2-4-19-11/h5,10-11,16,18H,2-4,6-7H2,1H3. The molecule has 0 spiro atoms. The number of rotatable bonds is 5. The van der Waals surface area contributed by atoms with Crippen molar-refractivity contribution in [2.24, 2.45) is 0 Å². The molecule has 1 aromatic rings. The van der Waals surface area contributed by atoms with E-state index in [1.807, 2.05) is 6.92 Å². The van der Waals surface area contributed by atoms with E-state index in [1.165, 1.54) is 0 Å². The van der Waals surface area contributed by atoms with Gasteiger partial charge < -0.3 is 15.2 Å². The third kappa shape index (κ3) is 4.04. The van der Waals surface area contributed by atoms with Gasteiger partial charge in [0, 0.05) is 25.3 Å². The Kier molecular flexibility index (Phi) is 5.42. The van der Waals surface area contributed by atoms with Gasteiger partial charge in [-0.2, -0.15) is 0 Å². The highest BCUT2D eigenvalue weighted by atomic mass is 35.5. The van der Waals surface area contributed by atoms with Crippen molar-refractivity contribution in [3.05, 3.63) is 27.5 Å². The topological polar surface area (TPSA) is 54.4 Å². The van der Waals surface area contributed by atoms with Gasteiger partial charge in [0.1, 0.15) is 10.3 Å². The number of aliphatic hydroxyl groups excluding tert-OH is 1. The molecule has 0 aromatic carbocycles. The van der Waals surface area contributed by atoms with Crippen LogP contribution in [0, 0.1) is 6.92 Å². The first-order valence-corrected chi connectivity index (χ1v) is 7.15. The Balaban J connectivity index is 1.85. The summed E-state index contributed by atoms with van der Waals surface area (Å²) in [6, 6.07) is 1.78. The number of aliphatic hydroxyl groups is 1. The van der Waals surface area contributed by atoms with E-state index in [2.05, 4.69) is 10.3 Å². The Morgan fingerprint density at radius 2 is 2.37 bits per heavy atom. The van der Waals surface area contributed by atoms with E-state index in [9.17, 15) is 5.11 Å². The molecule has 1 aliphatic heterocycles. The van der Waals surface area contributed by atoms with Gasteiger partial charge in [0.05, 0.1) is 12.2 Å². The number of aromatic nitrogens is 1. The van der Waals surface area contributed by atoms with Gasteiger partial charge in [-0.15, -0.1) is 0 Å². The summed E-state index contributed by atoms with van der Waals surface area (Å²) >= 11 is 11.9. The summed E-state index contributed by atoms with van der Waals surface area (Å²) in [6.45, 7) is 3.71. The Morgan fingerprint density at radius 1 is 1.58 bits per heavy atom. The Morgan fingerprint density at radius 3 is 3.00 bits per heavy atom. The number of hydrogen-bond donors (Lipinski definition) is 2. The molecular formula is C13H18Cl2N2O2. The van der Waals surface area contributed by atoms with Crippen LogP contribution in [0.5, 0.6) is 0 Å². The highest BCUT2D eigenvalue weighted by Crippen LogP contribution is 2.21. The van der Waals surface area contributed by atoms with Gasteiger partial charge in [-0.3, -0.25) is 0 Å². The zero-order valence-electron chi connectivity index (χ0n) is 10.8. The monoisotopic (exact) mass is 304 g/mol. The zero-order valence-corrected chi connectivity index (χ0v) is 12.3. The molecule has 1 saturated heterocycles. The summed E-state index contributed by atoms with van der Waals surface area (Å²) in [7, 11) is 0. The highest BCUT2D eigenvalue weighted by Gasteiger charge is 2.23. The molecule has 2 heterocycles. The molecule has 19 heavy (non-hydrogen) atoms. The van der Waals surface area contributed by atoms with Crippen LogP contribution in [0.3, 0.4) is 0 Å². The van der Waals surface area contributed by atoms with Crippen molar-refractivity contribution >= 4 is 23.2 Å². The van der Waals surface area contributed by atoms with Crippen molar-refractivity contribution in [3.8, 4) is 0 Å². The van der Waals surface area contributed by atoms with E-state index in [1.54, 1.807) is 6.07 Å². The SMILES string of the molecule is Cc1cc(Cl)nc(Cl)c1CNCC(O)C1CCCO1. The molecule has 4 nitrogen and oxygen atoms in total. The summed E-state index contributed by atoms with van der Waals surface area (Å²) in [5, 5.41) is 13.9. The summed E-state index contributed by atoms with van der Waals surface area (Å²) in [5.41, 5.74) is 1.90. The van der Waals surface area contributed by atoms with E-state index in [4.69, 9.17) is 27.9 Å². The maximum absolute atomic E-state index is 9.95. The largest absolute Gasteiger partial charge is 0.389 e. The van der Waals surface area contributed by atoms with Crippen LogP contribution in [0.4, 0.5) is 0 Å². The Hall–Kier alpha value is -0.390. The normalized spacial score (nSPS) is 20.7. The molecule has 6 heteroatoms. The van der Waals surface area contributed by atoms with Crippen LogP contribution in [0.1, 0.15) is 24.0 Å². The average molecular weight is 305 g/mol. The maximum Gasteiger partial charge on any atom is 0.135 e. The second-order valence-corrected chi connectivity index (χ2v) is 5.53. The van der Waals surface area contributed by atoms with Gasteiger partial charge in [-0.25, -0.2) is 4.98 Å². The molecule has 0 saturated carbocycles. The molecule has 0 bridgehead atoms. The lowest BCUT2D eigenvalue weighted by molar-refractivity contribution is -0.000602. The molecular weight excluding hydrogens is 287 g/mol. The quantitative estimate of drug-likeness (QED) is 0.820. The zero-order chi connectivity index (χ0) is 13.8. The molecule has 1 fully saturated rings. The van der Waals surface area contributed by atoms with Gasteiger partial charge in [0.2, 0.25) is 0 Å². The van der Waals surface area contributed by atoms with Crippen molar-refractivity contribution < 1.29 is 9.84 Å². The first-order valence-electron chi connectivity index (χ1n) is 6.40. The van der Waals surface area contributed by atoms with Crippen LogP contribution in [-0.4, -0.2) is 35.5 Å². The summed E-state index contributed by atoms with van der Waals surface area (Å²) in [5.74, 6) is 0. The number of aryl methyl sites for hydroxylation is 1. The number of nitrogens with one attached hydrogen (secondary N) is 1. The Labute approximate surface area is 123 Å². The van der Waals surface area contributed by atoms with Crippen LogP contribution in [-0.2, 0) is 11.3 Å². The minimum Gasteiger partial charge on any atom is -0.389 e. The molecule has 2 atom stereocenters. The molecule has 2 N–H and O–H groups in total. The smallest absolute Gasteiger partial charge is 0.135 e. The summed E-state index contributed by atoms with van der Waals surface area (Å²) in [6.07, 6.45) is 1.41. The van der Waals surface area contributed by atoms with Crippen LogP contribution in [0.15, 0.2) is 6.07 Å². The van der Waals surface area contributed by atoms with Crippen molar-refractivity contribution in [1.82, 2.24) is 10.3 Å². The fraction of sp³-hybridized carbons (Fsp3) is 0.615. The predicted molar refractivity (Wildman–Crippen MR) is 75.7 cm³/mol. The minimum absolute atomic E-state index is 0.0487. The molecule has 106 valence electrons. The van der Waals surface area contributed by atoms with Crippen LogP contribution < -0.4 is 5.32 Å². The highest BCUT2D eigenvalue weighted by molar-refractivity contribution is 6.33. The molecule has 2 unspecified atom stereocenters. The van der Waals surface area contributed by atoms with Gasteiger partial charge in [-0.1, -0.05) is 23.2 Å². The summed E-state index contributed by atoms with van der Waals surface area (Å²) in [4.78, 5) is 4.01. The van der Waals surface area contributed by atoms with Gasteiger partial charge in [-0.05, 0) is 31.4 Å². The first kappa shape index (κ1) is 15.0. The molecule has 0 aliphatic carbocycles. The lowest BCUT2D eigenvalue weighted by Gasteiger charge is -2.18. The molecule has 1 aliphatic rings. The number of pyridine rings is 1. The van der Waals surface area contributed by atoms with Crippen molar-refractivity contribution in [2.45, 2.75) is 38.5 Å². The molecule has 0 radical (unpaired) electrons. The second kappa shape index (κ2) is 6.86. The lowest BCUT2D eigenvalue weighted by atomic mass is 10.1. The van der Waals surface area contributed by atoms with Gasteiger partial charge in [0.15, 0.2) is 0 Å². The number of halogens is 2. The van der Waals surface area contributed by atoms with E-state index in [-0.39, 0.29) is 6.10 Å². The molecule has 2 rings (SSSR count).